The number of carbonyl (C=O) groups excluding carboxylic acids is 1. The van der Waals surface area contributed by atoms with E-state index >= 15 is 0 Å². The van der Waals surface area contributed by atoms with Gasteiger partial charge in [0, 0.05) is 17.6 Å². The Bertz CT molecular complexity index is 529. The van der Waals surface area contributed by atoms with E-state index in [-0.39, 0.29) is 16.9 Å². The molecule has 0 bridgehead atoms. The van der Waals surface area contributed by atoms with Crippen molar-refractivity contribution < 1.29 is 9.18 Å². The molecule has 0 saturated carbocycles. The average Bonchev–Trinajstić information content (AvgIpc) is 2.85. The van der Waals surface area contributed by atoms with Crippen LogP contribution in [-0.2, 0) is 0 Å². The van der Waals surface area contributed by atoms with Crippen LogP contribution >= 0.6 is 15.9 Å². The highest BCUT2D eigenvalue weighted by Gasteiger charge is 2.40. The number of amides is 1. The lowest BCUT2D eigenvalue weighted by Gasteiger charge is -2.33. The van der Waals surface area contributed by atoms with Gasteiger partial charge in [0.05, 0.1) is 5.56 Å². The molecule has 1 aromatic rings. The summed E-state index contributed by atoms with van der Waals surface area (Å²) >= 11 is 3.30. The standard InChI is InChI=1S/C15H18BrFN2O/c16-11-1-2-13(17)12(9-11)14(20)19-8-5-15(10-19)3-6-18-7-4-15/h1-2,9,18H,3-8,10H2. The molecule has 3 nitrogen and oxygen atoms in total. The molecular formula is C15H18BrFN2O. The van der Waals surface area contributed by atoms with E-state index in [9.17, 15) is 9.18 Å². The van der Waals surface area contributed by atoms with Gasteiger partial charge in [-0.1, -0.05) is 15.9 Å². The first-order chi connectivity index (χ1) is 9.60. The Hall–Kier alpha value is -0.940. The molecule has 1 amide bonds. The van der Waals surface area contributed by atoms with Crippen LogP contribution in [0.15, 0.2) is 22.7 Å². The fourth-order valence-corrected chi connectivity index (χ4v) is 3.67. The average molecular weight is 341 g/mol. The molecule has 5 heteroatoms. The molecule has 0 aromatic heterocycles. The molecule has 1 N–H and O–H groups in total. The van der Waals surface area contributed by atoms with Crippen LogP contribution in [0.1, 0.15) is 29.6 Å². The zero-order valence-electron chi connectivity index (χ0n) is 11.3. The summed E-state index contributed by atoms with van der Waals surface area (Å²) < 4.78 is 14.6. The van der Waals surface area contributed by atoms with Crippen molar-refractivity contribution in [2.24, 2.45) is 5.41 Å². The molecule has 1 aromatic carbocycles. The smallest absolute Gasteiger partial charge is 0.256 e. The first-order valence-corrected chi connectivity index (χ1v) is 7.84. The Balaban J connectivity index is 1.77. The molecule has 0 unspecified atom stereocenters. The van der Waals surface area contributed by atoms with Crippen LogP contribution in [0.3, 0.4) is 0 Å². The minimum atomic E-state index is -0.440. The van der Waals surface area contributed by atoms with Crippen molar-refractivity contribution in [2.45, 2.75) is 19.3 Å². The Labute approximate surface area is 126 Å². The number of halogens is 2. The van der Waals surface area contributed by atoms with Crippen LogP contribution in [0.25, 0.3) is 0 Å². The molecule has 2 fully saturated rings. The van der Waals surface area contributed by atoms with Gasteiger partial charge in [-0.2, -0.15) is 0 Å². The van der Waals surface area contributed by atoms with E-state index in [0.717, 1.165) is 49.9 Å². The van der Waals surface area contributed by atoms with Gasteiger partial charge in [0.25, 0.3) is 5.91 Å². The second kappa shape index (κ2) is 5.45. The molecule has 1 spiro atoms. The van der Waals surface area contributed by atoms with E-state index in [1.807, 2.05) is 4.90 Å². The number of rotatable bonds is 1. The predicted octanol–water partition coefficient (Wildman–Crippen LogP) is 2.80. The van der Waals surface area contributed by atoms with Crippen LogP contribution < -0.4 is 5.32 Å². The Morgan fingerprint density at radius 3 is 2.80 bits per heavy atom. The lowest BCUT2D eigenvalue weighted by molar-refractivity contribution is 0.0757. The maximum absolute atomic E-state index is 13.8. The SMILES string of the molecule is O=C(c1cc(Br)ccc1F)N1CCC2(CCNCC2)C1. The minimum absolute atomic E-state index is 0.172. The highest BCUT2D eigenvalue weighted by Crippen LogP contribution is 2.39. The van der Waals surface area contributed by atoms with E-state index in [0.29, 0.717) is 0 Å². The second-order valence-electron chi connectivity index (χ2n) is 5.85. The molecule has 2 aliphatic rings. The lowest BCUT2D eigenvalue weighted by Crippen LogP contribution is -2.39. The van der Waals surface area contributed by atoms with Crippen LogP contribution in [0.2, 0.25) is 0 Å². The number of hydrogen-bond donors (Lipinski definition) is 1. The van der Waals surface area contributed by atoms with Crippen molar-refractivity contribution in [1.82, 2.24) is 10.2 Å². The summed E-state index contributed by atoms with van der Waals surface area (Å²) in [6, 6.07) is 4.53. The number of piperidine rings is 1. The summed E-state index contributed by atoms with van der Waals surface area (Å²) in [6.45, 7) is 3.55. The van der Waals surface area contributed by atoms with Crippen LogP contribution in [0, 0.1) is 11.2 Å². The molecule has 2 saturated heterocycles. The summed E-state index contributed by atoms with van der Waals surface area (Å²) in [7, 11) is 0. The fraction of sp³-hybridized carbons (Fsp3) is 0.533. The third-order valence-corrected chi connectivity index (χ3v) is 5.04. The van der Waals surface area contributed by atoms with Crippen molar-refractivity contribution in [1.29, 1.82) is 0 Å². The van der Waals surface area contributed by atoms with Gasteiger partial charge in [-0.25, -0.2) is 4.39 Å². The van der Waals surface area contributed by atoms with E-state index in [4.69, 9.17) is 0 Å². The topological polar surface area (TPSA) is 32.3 Å². The van der Waals surface area contributed by atoms with Crippen molar-refractivity contribution in [3.8, 4) is 0 Å². The van der Waals surface area contributed by atoms with Gasteiger partial charge in [0.15, 0.2) is 0 Å². The molecule has 0 atom stereocenters. The minimum Gasteiger partial charge on any atom is -0.338 e. The first-order valence-electron chi connectivity index (χ1n) is 7.05. The predicted molar refractivity (Wildman–Crippen MR) is 79.2 cm³/mol. The number of benzene rings is 1. The molecule has 108 valence electrons. The highest BCUT2D eigenvalue weighted by molar-refractivity contribution is 9.10. The number of hydrogen-bond acceptors (Lipinski definition) is 2. The highest BCUT2D eigenvalue weighted by atomic mass is 79.9. The maximum atomic E-state index is 13.8. The van der Waals surface area contributed by atoms with E-state index in [1.165, 1.54) is 6.07 Å². The normalized spacial score (nSPS) is 21.4. The fourth-order valence-electron chi connectivity index (χ4n) is 3.31. The van der Waals surface area contributed by atoms with Crippen LogP contribution in [0.5, 0.6) is 0 Å². The monoisotopic (exact) mass is 340 g/mol. The third-order valence-electron chi connectivity index (χ3n) is 4.55. The zero-order chi connectivity index (χ0) is 14.2. The summed E-state index contributed by atoms with van der Waals surface area (Å²) in [4.78, 5) is 14.3. The first kappa shape index (κ1) is 14.0. The third kappa shape index (κ3) is 2.61. The number of likely N-dealkylation sites (tertiary alicyclic amines) is 1. The molecule has 0 radical (unpaired) electrons. The quantitative estimate of drug-likeness (QED) is 0.852. The van der Waals surface area contributed by atoms with Gasteiger partial charge >= 0.3 is 0 Å². The number of carbonyl (C=O) groups is 1. The Morgan fingerprint density at radius 2 is 2.05 bits per heavy atom. The van der Waals surface area contributed by atoms with E-state index < -0.39 is 5.82 Å². The van der Waals surface area contributed by atoms with E-state index in [1.54, 1.807) is 12.1 Å². The van der Waals surface area contributed by atoms with Gasteiger partial charge in [-0.3, -0.25) is 4.79 Å². The summed E-state index contributed by atoms with van der Waals surface area (Å²) in [5.41, 5.74) is 0.425. The van der Waals surface area contributed by atoms with Crippen molar-refractivity contribution in [2.75, 3.05) is 26.2 Å². The Morgan fingerprint density at radius 1 is 1.30 bits per heavy atom. The van der Waals surface area contributed by atoms with Gasteiger partial charge in [0.2, 0.25) is 0 Å². The Kier molecular flexibility index (Phi) is 3.82. The summed E-state index contributed by atoms with van der Waals surface area (Å²) in [6.07, 6.45) is 3.26. The molecule has 2 aliphatic heterocycles. The zero-order valence-corrected chi connectivity index (χ0v) is 12.9. The molecule has 0 aliphatic carbocycles. The van der Waals surface area contributed by atoms with Crippen molar-refractivity contribution in [3.05, 3.63) is 34.1 Å². The molecule has 3 rings (SSSR count). The van der Waals surface area contributed by atoms with Crippen LogP contribution in [-0.4, -0.2) is 37.0 Å². The molecule has 20 heavy (non-hydrogen) atoms. The van der Waals surface area contributed by atoms with Gasteiger partial charge in [-0.05, 0) is 56.0 Å². The lowest BCUT2D eigenvalue weighted by atomic mass is 9.78. The summed E-state index contributed by atoms with van der Waals surface area (Å²) in [5, 5.41) is 3.36. The molecule has 2 heterocycles. The van der Waals surface area contributed by atoms with Crippen molar-refractivity contribution >= 4 is 21.8 Å². The number of nitrogens with one attached hydrogen (secondary N) is 1. The summed E-state index contributed by atoms with van der Waals surface area (Å²) in [5.74, 6) is -0.622. The van der Waals surface area contributed by atoms with Gasteiger partial charge < -0.3 is 10.2 Å². The second-order valence-corrected chi connectivity index (χ2v) is 6.77. The van der Waals surface area contributed by atoms with E-state index in [2.05, 4.69) is 21.2 Å². The van der Waals surface area contributed by atoms with Gasteiger partial charge in [-0.15, -0.1) is 0 Å². The maximum Gasteiger partial charge on any atom is 0.256 e. The largest absolute Gasteiger partial charge is 0.338 e. The van der Waals surface area contributed by atoms with Crippen LogP contribution in [0.4, 0.5) is 4.39 Å². The van der Waals surface area contributed by atoms with Crippen molar-refractivity contribution in [3.63, 3.8) is 0 Å². The molecular weight excluding hydrogens is 323 g/mol. The number of nitrogens with zero attached hydrogens (tertiary/aromatic N) is 1. The van der Waals surface area contributed by atoms with Gasteiger partial charge in [0.1, 0.15) is 5.82 Å².